The van der Waals surface area contributed by atoms with Gasteiger partial charge < -0.3 is 15.2 Å². The molecule has 1 unspecified atom stereocenters. The maximum absolute atomic E-state index is 12.0. The molecule has 2 N–H and O–H groups in total. The molecule has 1 aromatic carbocycles. The van der Waals surface area contributed by atoms with Crippen LogP contribution in [0.25, 0.3) is 0 Å². The van der Waals surface area contributed by atoms with Crippen molar-refractivity contribution in [3.8, 4) is 0 Å². The van der Waals surface area contributed by atoms with Crippen molar-refractivity contribution < 1.29 is 9.32 Å². The summed E-state index contributed by atoms with van der Waals surface area (Å²) in [6, 6.07) is 7.76. The van der Waals surface area contributed by atoms with Gasteiger partial charge in [0.2, 0.25) is 5.89 Å². The minimum Gasteiger partial charge on any atom is -0.339 e. The first kappa shape index (κ1) is 17.0. The first-order valence-electron chi connectivity index (χ1n) is 7.89. The van der Waals surface area contributed by atoms with Crippen LogP contribution in [0.5, 0.6) is 0 Å². The van der Waals surface area contributed by atoms with Crippen LogP contribution < -0.4 is 10.6 Å². The number of nitrogens with one attached hydrogen (secondary N) is 2. The molecular formula is C17H24N4O2. The molecule has 1 heterocycles. The molecule has 0 radical (unpaired) electrons. The molecule has 1 atom stereocenters. The normalized spacial score (nSPS) is 12.2. The zero-order valence-corrected chi connectivity index (χ0v) is 14.1. The quantitative estimate of drug-likeness (QED) is 0.858. The summed E-state index contributed by atoms with van der Waals surface area (Å²) >= 11 is 0. The molecule has 2 aromatic rings. The average Bonchev–Trinajstić information content (AvgIpc) is 2.96. The number of urea groups is 1. The van der Waals surface area contributed by atoms with E-state index in [1.165, 1.54) is 0 Å². The summed E-state index contributed by atoms with van der Waals surface area (Å²) in [5.74, 6) is 1.47. The smallest absolute Gasteiger partial charge is 0.315 e. The largest absolute Gasteiger partial charge is 0.339 e. The van der Waals surface area contributed by atoms with E-state index in [2.05, 4.69) is 20.8 Å². The van der Waals surface area contributed by atoms with E-state index in [9.17, 15) is 4.79 Å². The molecule has 124 valence electrons. The Bertz CT molecular complexity index is 652. The van der Waals surface area contributed by atoms with Gasteiger partial charge in [0, 0.05) is 18.9 Å². The fourth-order valence-electron chi connectivity index (χ4n) is 2.29. The van der Waals surface area contributed by atoms with Gasteiger partial charge in [-0.25, -0.2) is 4.79 Å². The topological polar surface area (TPSA) is 80.0 Å². The molecule has 6 nitrogen and oxygen atoms in total. The number of carbonyl (C=O) groups is 1. The van der Waals surface area contributed by atoms with Crippen LogP contribution in [-0.4, -0.2) is 22.7 Å². The molecule has 0 bridgehead atoms. The second kappa shape index (κ2) is 7.76. The third-order valence-electron chi connectivity index (χ3n) is 3.63. The number of amides is 2. The molecule has 0 saturated heterocycles. The van der Waals surface area contributed by atoms with Gasteiger partial charge in [0.05, 0.1) is 6.04 Å². The lowest BCUT2D eigenvalue weighted by Gasteiger charge is -2.16. The van der Waals surface area contributed by atoms with E-state index in [-0.39, 0.29) is 18.0 Å². The molecule has 0 aliphatic heterocycles. The lowest BCUT2D eigenvalue weighted by atomic mass is 10.0. The summed E-state index contributed by atoms with van der Waals surface area (Å²) in [6.07, 6.45) is 0.520. The zero-order chi connectivity index (χ0) is 16.8. The summed E-state index contributed by atoms with van der Waals surface area (Å²) in [5, 5.41) is 9.64. The molecule has 2 rings (SSSR count). The SMILES string of the molecule is Cc1ccccc1C(C)NC(=O)NCCc1nc(C(C)C)no1. The fraction of sp³-hybridized carbons (Fsp3) is 0.471. The van der Waals surface area contributed by atoms with Crippen LogP contribution >= 0.6 is 0 Å². The van der Waals surface area contributed by atoms with Crippen LogP contribution in [0, 0.1) is 6.92 Å². The molecule has 6 heteroatoms. The Morgan fingerprint density at radius 2 is 2.00 bits per heavy atom. The van der Waals surface area contributed by atoms with E-state index in [4.69, 9.17) is 4.52 Å². The molecule has 0 fully saturated rings. The highest BCUT2D eigenvalue weighted by Gasteiger charge is 2.12. The minimum atomic E-state index is -0.204. The number of carbonyl (C=O) groups excluding carboxylic acids is 1. The number of hydrogen-bond acceptors (Lipinski definition) is 4. The lowest BCUT2D eigenvalue weighted by molar-refractivity contribution is 0.237. The predicted molar refractivity (Wildman–Crippen MR) is 88.2 cm³/mol. The third-order valence-corrected chi connectivity index (χ3v) is 3.63. The van der Waals surface area contributed by atoms with Gasteiger partial charge in [-0.05, 0) is 25.0 Å². The van der Waals surface area contributed by atoms with Gasteiger partial charge in [0.25, 0.3) is 0 Å². The summed E-state index contributed by atoms with van der Waals surface area (Å²) in [4.78, 5) is 16.2. The number of nitrogens with zero attached hydrogens (tertiary/aromatic N) is 2. The number of benzene rings is 1. The minimum absolute atomic E-state index is 0.0489. The summed E-state index contributed by atoms with van der Waals surface area (Å²) < 4.78 is 5.14. The second-order valence-corrected chi connectivity index (χ2v) is 5.93. The zero-order valence-electron chi connectivity index (χ0n) is 14.1. The van der Waals surface area contributed by atoms with E-state index in [1.807, 2.05) is 52.0 Å². The molecule has 0 spiro atoms. The van der Waals surface area contributed by atoms with Gasteiger partial charge >= 0.3 is 6.03 Å². The predicted octanol–water partition coefficient (Wildman–Crippen LogP) is 3.10. The van der Waals surface area contributed by atoms with Crippen LogP contribution in [0.1, 0.15) is 55.6 Å². The van der Waals surface area contributed by atoms with Crippen LogP contribution in [-0.2, 0) is 6.42 Å². The Balaban J connectivity index is 1.77. The van der Waals surface area contributed by atoms with Gasteiger partial charge in [-0.15, -0.1) is 0 Å². The number of rotatable bonds is 6. The van der Waals surface area contributed by atoms with Crippen LogP contribution in [0.3, 0.4) is 0 Å². The Morgan fingerprint density at radius 3 is 2.65 bits per heavy atom. The van der Waals surface area contributed by atoms with E-state index >= 15 is 0 Å². The molecule has 23 heavy (non-hydrogen) atoms. The Labute approximate surface area is 136 Å². The molecule has 0 saturated carbocycles. The van der Waals surface area contributed by atoms with Crippen molar-refractivity contribution in [1.82, 2.24) is 20.8 Å². The molecule has 1 aromatic heterocycles. The van der Waals surface area contributed by atoms with Crippen molar-refractivity contribution in [2.75, 3.05) is 6.54 Å². The second-order valence-electron chi connectivity index (χ2n) is 5.93. The first-order chi connectivity index (χ1) is 11.0. The highest BCUT2D eigenvalue weighted by Crippen LogP contribution is 2.16. The van der Waals surface area contributed by atoms with Gasteiger partial charge in [0.1, 0.15) is 0 Å². The maximum atomic E-state index is 12.0. The van der Waals surface area contributed by atoms with Crippen molar-refractivity contribution >= 4 is 6.03 Å². The van der Waals surface area contributed by atoms with Crippen molar-refractivity contribution in [1.29, 1.82) is 0 Å². The standard InChI is InChI=1S/C17H24N4O2/c1-11(2)16-20-15(23-21-16)9-10-18-17(22)19-13(4)14-8-6-5-7-12(14)3/h5-8,11,13H,9-10H2,1-4H3,(H2,18,19,22). The van der Waals surface area contributed by atoms with Crippen molar-refractivity contribution in [2.24, 2.45) is 0 Å². The summed E-state index contributed by atoms with van der Waals surface area (Å²) in [6.45, 7) is 8.47. The molecule has 0 aliphatic carbocycles. The van der Waals surface area contributed by atoms with Gasteiger partial charge in [-0.2, -0.15) is 4.98 Å². The lowest BCUT2D eigenvalue weighted by Crippen LogP contribution is -2.38. The Kier molecular flexibility index (Phi) is 5.73. The van der Waals surface area contributed by atoms with Crippen LogP contribution in [0.15, 0.2) is 28.8 Å². The fourth-order valence-corrected chi connectivity index (χ4v) is 2.29. The molecule has 2 amide bonds. The third kappa shape index (κ3) is 4.81. The van der Waals surface area contributed by atoms with E-state index in [0.29, 0.717) is 24.7 Å². The summed E-state index contributed by atoms with van der Waals surface area (Å²) in [5.41, 5.74) is 2.27. The van der Waals surface area contributed by atoms with Crippen molar-refractivity contribution in [2.45, 2.75) is 46.1 Å². The van der Waals surface area contributed by atoms with Crippen molar-refractivity contribution in [3.05, 3.63) is 47.1 Å². The number of aryl methyl sites for hydroxylation is 1. The monoisotopic (exact) mass is 316 g/mol. The van der Waals surface area contributed by atoms with Gasteiger partial charge in [-0.1, -0.05) is 43.3 Å². The van der Waals surface area contributed by atoms with Gasteiger partial charge in [-0.3, -0.25) is 0 Å². The highest BCUT2D eigenvalue weighted by atomic mass is 16.5. The average molecular weight is 316 g/mol. The Morgan fingerprint density at radius 1 is 1.26 bits per heavy atom. The summed E-state index contributed by atoms with van der Waals surface area (Å²) in [7, 11) is 0. The van der Waals surface area contributed by atoms with E-state index < -0.39 is 0 Å². The molecular weight excluding hydrogens is 292 g/mol. The first-order valence-corrected chi connectivity index (χ1v) is 7.89. The van der Waals surface area contributed by atoms with E-state index in [0.717, 1.165) is 11.1 Å². The number of aromatic nitrogens is 2. The molecule has 0 aliphatic rings. The van der Waals surface area contributed by atoms with E-state index in [1.54, 1.807) is 0 Å². The maximum Gasteiger partial charge on any atom is 0.315 e. The van der Waals surface area contributed by atoms with Crippen LogP contribution in [0.2, 0.25) is 0 Å². The van der Waals surface area contributed by atoms with Crippen molar-refractivity contribution in [3.63, 3.8) is 0 Å². The number of hydrogen-bond donors (Lipinski definition) is 2. The highest BCUT2D eigenvalue weighted by molar-refractivity contribution is 5.74. The van der Waals surface area contributed by atoms with Crippen LogP contribution in [0.4, 0.5) is 4.79 Å². The van der Waals surface area contributed by atoms with Gasteiger partial charge in [0.15, 0.2) is 5.82 Å². The Hall–Kier alpha value is -2.37.